The molecule has 0 bridgehead atoms. The first-order valence-electron chi connectivity index (χ1n) is 6.11. The van der Waals surface area contributed by atoms with Crippen molar-refractivity contribution in [2.45, 2.75) is 6.54 Å². The molecular weight excluding hydrogens is 240 g/mol. The molecule has 0 spiro atoms. The summed E-state index contributed by atoms with van der Waals surface area (Å²) >= 11 is 0. The Balaban J connectivity index is 1.89. The molecule has 0 amide bonds. The zero-order valence-corrected chi connectivity index (χ0v) is 10.6. The van der Waals surface area contributed by atoms with E-state index < -0.39 is 0 Å². The van der Waals surface area contributed by atoms with Crippen LogP contribution >= 0.6 is 0 Å². The molecule has 0 unspecified atom stereocenters. The largest absolute Gasteiger partial charge is 0.465 e. The van der Waals surface area contributed by atoms with Crippen LogP contribution in [0.25, 0.3) is 23.3 Å². The summed E-state index contributed by atoms with van der Waals surface area (Å²) in [5, 5.41) is 3.11. The van der Waals surface area contributed by atoms with Crippen molar-refractivity contribution in [1.29, 1.82) is 0 Å². The molecule has 0 atom stereocenters. The second kappa shape index (κ2) is 5.12. The van der Waals surface area contributed by atoms with E-state index in [2.05, 4.69) is 10.3 Å². The fraction of sp³-hybridized carbons (Fsp3) is 0.133. The molecule has 19 heavy (non-hydrogen) atoms. The molecule has 0 aliphatic rings. The summed E-state index contributed by atoms with van der Waals surface area (Å²) in [4.78, 5) is 4.43. The van der Waals surface area contributed by atoms with Gasteiger partial charge in [0.1, 0.15) is 11.3 Å². The van der Waals surface area contributed by atoms with E-state index in [1.54, 1.807) is 12.3 Å². The molecule has 4 heteroatoms. The van der Waals surface area contributed by atoms with Crippen LogP contribution in [0.3, 0.4) is 0 Å². The number of oxazole rings is 1. The van der Waals surface area contributed by atoms with E-state index in [0.29, 0.717) is 5.89 Å². The Bertz CT molecular complexity index is 696. The molecule has 0 saturated heterocycles. The summed E-state index contributed by atoms with van der Waals surface area (Å²) in [5.41, 5.74) is 2.84. The molecule has 0 fully saturated rings. The molecule has 1 N–H and O–H groups in total. The summed E-state index contributed by atoms with van der Waals surface area (Å²) < 4.78 is 10.9. The summed E-state index contributed by atoms with van der Waals surface area (Å²) in [5.74, 6) is 1.35. The van der Waals surface area contributed by atoms with E-state index >= 15 is 0 Å². The van der Waals surface area contributed by atoms with Crippen LogP contribution in [0.5, 0.6) is 0 Å². The first-order valence-corrected chi connectivity index (χ1v) is 6.11. The molecule has 4 nitrogen and oxygen atoms in total. The molecular formula is C15H14N2O2. The number of furan rings is 1. The van der Waals surface area contributed by atoms with Gasteiger partial charge in [-0.05, 0) is 43.0 Å². The van der Waals surface area contributed by atoms with Crippen LogP contribution in [0, 0.1) is 0 Å². The van der Waals surface area contributed by atoms with Crippen molar-refractivity contribution in [3.63, 3.8) is 0 Å². The number of fused-ring (bicyclic) bond motifs is 1. The number of nitrogens with one attached hydrogen (secondary N) is 1. The van der Waals surface area contributed by atoms with Crippen molar-refractivity contribution in [3.05, 3.63) is 53.8 Å². The summed E-state index contributed by atoms with van der Waals surface area (Å²) in [6.45, 7) is 0.820. The van der Waals surface area contributed by atoms with Crippen LogP contribution in [-0.4, -0.2) is 12.0 Å². The summed E-state index contributed by atoms with van der Waals surface area (Å²) in [7, 11) is 1.92. The standard InChI is InChI=1S/C15H14N2O2/c1-16-10-11-4-6-14-13(9-11)17-15(19-14)7-5-12-3-2-8-18-12/h2-9,16H,10H2,1H3/b7-5-. The predicted molar refractivity (Wildman–Crippen MR) is 74.4 cm³/mol. The topological polar surface area (TPSA) is 51.2 Å². The first-order chi connectivity index (χ1) is 9.35. The quantitative estimate of drug-likeness (QED) is 0.776. The second-order valence-electron chi connectivity index (χ2n) is 4.23. The van der Waals surface area contributed by atoms with Crippen LogP contribution < -0.4 is 5.32 Å². The molecule has 3 rings (SSSR count). The van der Waals surface area contributed by atoms with Gasteiger partial charge in [0.15, 0.2) is 5.58 Å². The highest BCUT2D eigenvalue weighted by Gasteiger charge is 2.04. The lowest BCUT2D eigenvalue weighted by molar-refractivity contribution is 0.556. The third-order valence-electron chi connectivity index (χ3n) is 2.78. The Kier molecular flexibility index (Phi) is 3.16. The van der Waals surface area contributed by atoms with Gasteiger partial charge in [0.05, 0.1) is 6.26 Å². The molecule has 0 aliphatic carbocycles. The van der Waals surface area contributed by atoms with Crippen LogP contribution in [0.1, 0.15) is 17.2 Å². The molecule has 0 saturated carbocycles. The normalized spacial score (nSPS) is 11.6. The monoisotopic (exact) mass is 254 g/mol. The lowest BCUT2D eigenvalue weighted by Gasteiger charge is -1.97. The van der Waals surface area contributed by atoms with Gasteiger partial charge < -0.3 is 14.2 Å². The third-order valence-corrected chi connectivity index (χ3v) is 2.78. The van der Waals surface area contributed by atoms with Gasteiger partial charge >= 0.3 is 0 Å². The Morgan fingerprint density at radius 3 is 3.00 bits per heavy atom. The molecule has 2 aromatic heterocycles. The zero-order valence-electron chi connectivity index (χ0n) is 10.6. The fourth-order valence-corrected chi connectivity index (χ4v) is 1.92. The molecule has 0 radical (unpaired) electrons. The van der Waals surface area contributed by atoms with Gasteiger partial charge in [-0.25, -0.2) is 4.98 Å². The van der Waals surface area contributed by atoms with Gasteiger partial charge in [-0.3, -0.25) is 0 Å². The van der Waals surface area contributed by atoms with Crippen molar-refractivity contribution >= 4 is 23.3 Å². The van der Waals surface area contributed by atoms with Crippen LogP contribution in [0.2, 0.25) is 0 Å². The van der Waals surface area contributed by atoms with Crippen LogP contribution in [0.4, 0.5) is 0 Å². The van der Waals surface area contributed by atoms with E-state index in [4.69, 9.17) is 8.83 Å². The smallest absolute Gasteiger partial charge is 0.220 e. The Morgan fingerprint density at radius 2 is 2.21 bits per heavy atom. The number of rotatable bonds is 4. The number of hydrogen-bond acceptors (Lipinski definition) is 4. The van der Waals surface area contributed by atoms with Gasteiger partial charge in [0, 0.05) is 12.6 Å². The fourth-order valence-electron chi connectivity index (χ4n) is 1.92. The van der Waals surface area contributed by atoms with Gasteiger partial charge in [-0.1, -0.05) is 6.07 Å². The maximum absolute atomic E-state index is 5.64. The van der Waals surface area contributed by atoms with Crippen molar-refractivity contribution < 1.29 is 8.83 Å². The van der Waals surface area contributed by atoms with E-state index in [-0.39, 0.29) is 0 Å². The summed E-state index contributed by atoms with van der Waals surface area (Å²) in [6, 6.07) is 9.72. The maximum Gasteiger partial charge on any atom is 0.220 e. The zero-order chi connectivity index (χ0) is 13.1. The third kappa shape index (κ3) is 2.58. The minimum atomic E-state index is 0.577. The summed E-state index contributed by atoms with van der Waals surface area (Å²) in [6.07, 6.45) is 5.27. The van der Waals surface area contributed by atoms with Crippen LogP contribution in [0.15, 0.2) is 45.4 Å². The number of hydrogen-bond donors (Lipinski definition) is 1. The Labute approximate surface area is 110 Å². The SMILES string of the molecule is CNCc1ccc2oc(/C=C\c3ccco3)nc2c1. The number of nitrogens with zero attached hydrogens (tertiary/aromatic N) is 1. The first kappa shape index (κ1) is 11.7. The van der Waals surface area contributed by atoms with Gasteiger partial charge in [0.2, 0.25) is 5.89 Å². The van der Waals surface area contributed by atoms with E-state index in [1.165, 1.54) is 5.56 Å². The van der Waals surface area contributed by atoms with Crippen molar-refractivity contribution in [2.24, 2.45) is 0 Å². The average Bonchev–Trinajstić information content (AvgIpc) is 3.05. The van der Waals surface area contributed by atoms with Gasteiger partial charge in [-0.15, -0.1) is 0 Å². The minimum absolute atomic E-state index is 0.577. The lowest BCUT2D eigenvalue weighted by Crippen LogP contribution is -2.04. The van der Waals surface area contributed by atoms with Crippen molar-refractivity contribution in [3.8, 4) is 0 Å². The van der Waals surface area contributed by atoms with Gasteiger partial charge in [0.25, 0.3) is 0 Å². The van der Waals surface area contributed by atoms with Crippen molar-refractivity contribution in [2.75, 3.05) is 7.05 Å². The average molecular weight is 254 g/mol. The lowest BCUT2D eigenvalue weighted by atomic mass is 10.2. The molecule has 0 aliphatic heterocycles. The highest BCUT2D eigenvalue weighted by molar-refractivity contribution is 5.76. The minimum Gasteiger partial charge on any atom is -0.465 e. The predicted octanol–water partition coefficient (Wildman–Crippen LogP) is 3.31. The van der Waals surface area contributed by atoms with Crippen molar-refractivity contribution in [1.82, 2.24) is 10.3 Å². The number of benzene rings is 1. The van der Waals surface area contributed by atoms with Gasteiger partial charge in [-0.2, -0.15) is 0 Å². The molecule has 3 aromatic rings. The molecule has 2 heterocycles. The van der Waals surface area contributed by atoms with E-state index in [0.717, 1.165) is 23.4 Å². The molecule has 1 aromatic carbocycles. The van der Waals surface area contributed by atoms with E-state index in [9.17, 15) is 0 Å². The highest BCUT2D eigenvalue weighted by atomic mass is 16.3. The van der Waals surface area contributed by atoms with E-state index in [1.807, 2.05) is 43.5 Å². The Hall–Kier alpha value is -2.33. The highest BCUT2D eigenvalue weighted by Crippen LogP contribution is 2.18. The maximum atomic E-state index is 5.64. The number of aromatic nitrogens is 1. The van der Waals surface area contributed by atoms with Crippen LogP contribution in [-0.2, 0) is 6.54 Å². The Morgan fingerprint density at radius 1 is 1.26 bits per heavy atom. The molecule has 96 valence electrons. The second-order valence-corrected chi connectivity index (χ2v) is 4.23.